The van der Waals surface area contributed by atoms with Gasteiger partial charge in [-0.2, -0.15) is 0 Å². The van der Waals surface area contributed by atoms with Gasteiger partial charge in [-0.1, -0.05) is 0 Å². The molecule has 0 aliphatic carbocycles. The molecule has 0 aromatic carbocycles. The molecule has 0 unspecified atom stereocenters. The van der Waals surface area contributed by atoms with Crippen LogP contribution in [0.2, 0.25) is 0 Å². The lowest BCUT2D eigenvalue weighted by Crippen LogP contribution is -2.48. The quantitative estimate of drug-likeness (QED) is 0.362. The summed E-state index contributed by atoms with van der Waals surface area (Å²) in [6.45, 7) is 5.96. The van der Waals surface area contributed by atoms with Crippen molar-refractivity contribution in [2.45, 2.75) is 33.2 Å². The van der Waals surface area contributed by atoms with Crippen molar-refractivity contribution in [2.75, 3.05) is 26.4 Å². The van der Waals surface area contributed by atoms with Gasteiger partial charge in [0, 0.05) is 13.0 Å². The van der Waals surface area contributed by atoms with Crippen molar-refractivity contribution in [3.05, 3.63) is 0 Å². The molecule has 0 saturated heterocycles. The maximum atomic E-state index is 11.6. The van der Waals surface area contributed by atoms with Crippen LogP contribution in [-0.4, -0.2) is 50.3 Å². The van der Waals surface area contributed by atoms with E-state index in [0.717, 1.165) is 0 Å². The van der Waals surface area contributed by atoms with Crippen molar-refractivity contribution in [2.24, 2.45) is 0 Å². The highest BCUT2D eigenvalue weighted by Crippen LogP contribution is 1.96. The summed E-state index contributed by atoms with van der Waals surface area (Å²) in [7, 11) is 0. The second-order valence-corrected chi connectivity index (χ2v) is 3.45. The number of nitrogens with one attached hydrogen (secondary N) is 1. The summed E-state index contributed by atoms with van der Waals surface area (Å²) >= 11 is 0. The molecule has 0 atom stereocenters. The highest BCUT2D eigenvalue weighted by Gasteiger charge is 2.30. The van der Waals surface area contributed by atoms with Gasteiger partial charge in [0.1, 0.15) is 0 Å². The van der Waals surface area contributed by atoms with Crippen molar-refractivity contribution < 1.29 is 28.6 Å². The maximum absolute atomic E-state index is 11.6. The Hall–Kier alpha value is -1.63. The van der Waals surface area contributed by atoms with E-state index in [4.69, 9.17) is 14.2 Å². The Balaban J connectivity index is 4.44. The van der Waals surface area contributed by atoms with Crippen LogP contribution in [0.5, 0.6) is 0 Å². The van der Waals surface area contributed by atoms with Gasteiger partial charge in [0.15, 0.2) is 0 Å². The Morgan fingerprint density at radius 2 is 1.47 bits per heavy atom. The number of hydrogen-bond acceptors (Lipinski definition) is 6. The van der Waals surface area contributed by atoms with Crippen LogP contribution in [0.4, 0.5) is 0 Å². The first-order chi connectivity index (χ1) is 9.06. The zero-order chi connectivity index (χ0) is 14.7. The van der Waals surface area contributed by atoms with Crippen molar-refractivity contribution in [3.8, 4) is 0 Å². The third-order valence-corrected chi connectivity index (χ3v) is 2.03. The monoisotopic (exact) mass is 275 g/mol. The molecule has 0 spiro atoms. The summed E-state index contributed by atoms with van der Waals surface area (Å²) in [5, 5.41) is 2.28. The summed E-state index contributed by atoms with van der Waals surface area (Å²) in [6.07, 6.45) is 0.0587. The molecule has 0 aliphatic rings. The predicted octanol–water partition coefficient (Wildman–Crippen LogP) is 0.0240. The largest absolute Gasteiger partial charge is 0.464 e. The average molecular weight is 275 g/mol. The van der Waals surface area contributed by atoms with Gasteiger partial charge in [-0.05, 0) is 20.8 Å². The molecule has 0 heterocycles. The van der Waals surface area contributed by atoms with E-state index in [0.29, 0.717) is 6.61 Å². The minimum Gasteiger partial charge on any atom is -0.464 e. The minimum absolute atomic E-state index is 0.0587. The molecule has 0 aliphatic heterocycles. The molecule has 7 nitrogen and oxygen atoms in total. The number of carbonyl (C=O) groups excluding carboxylic acids is 3. The molecule has 19 heavy (non-hydrogen) atoms. The zero-order valence-electron chi connectivity index (χ0n) is 11.6. The van der Waals surface area contributed by atoms with Crippen LogP contribution in [-0.2, 0) is 28.6 Å². The standard InChI is InChI=1S/C12H21NO6/c1-4-17-8-7-9(14)13-10(11(15)18-5-2)12(16)19-6-3/h10H,4-8H2,1-3H3,(H,13,14). The zero-order valence-corrected chi connectivity index (χ0v) is 11.6. The van der Waals surface area contributed by atoms with E-state index in [1.54, 1.807) is 20.8 Å². The fraction of sp³-hybridized carbons (Fsp3) is 0.750. The van der Waals surface area contributed by atoms with E-state index in [2.05, 4.69) is 5.32 Å². The molecular weight excluding hydrogens is 254 g/mol. The average Bonchev–Trinajstić information content (AvgIpc) is 2.36. The first kappa shape index (κ1) is 17.4. The lowest BCUT2D eigenvalue weighted by Gasteiger charge is -2.15. The first-order valence-electron chi connectivity index (χ1n) is 6.27. The third-order valence-electron chi connectivity index (χ3n) is 2.03. The van der Waals surface area contributed by atoms with E-state index in [9.17, 15) is 14.4 Å². The topological polar surface area (TPSA) is 90.9 Å². The number of amides is 1. The number of rotatable bonds is 9. The molecule has 0 saturated carbocycles. The van der Waals surface area contributed by atoms with Gasteiger partial charge < -0.3 is 19.5 Å². The van der Waals surface area contributed by atoms with Crippen molar-refractivity contribution in [1.29, 1.82) is 0 Å². The van der Waals surface area contributed by atoms with Gasteiger partial charge in [0.2, 0.25) is 11.9 Å². The lowest BCUT2D eigenvalue weighted by atomic mass is 10.2. The SMILES string of the molecule is CCOCCC(=O)NC(C(=O)OCC)C(=O)OCC. The van der Waals surface area contributed by atoms with Crippen molar-refractivity contribution >= 4 is 17.8 Å². The maximum Gasteiger partial charge on any atom is 0.340 e. The second kappa shape index (κ2) is 10.3. The summed E-state index contributed by atoms with van der Waals surface area (Å²) in [4.78, 5) is 34.7. The highest BCUT2D eigenvalue weighted by molar-refractivity contribution is 6.02. The van der Waals surface area contributed by atoms with Crippen LogP contribution in [0.3, 0.4) is 0 Å². The van der Waals surface area contributed by atoms with E-state index in [1.807, 2.05) is 0 Å². The second-order valence-electron chi connectivity index (χ2n) is 3.45. The molecule has 1 N–H and O–H groups in total. The number of carbonyl (C=O) groups is 3. The van der Waals surface area contributed by atoms with E-state index < -0.39 is 23.9 Å². The van der Waals surface area contributed by atoms with Gasteiger partial charge in [0.25, 0.3) is 0 Å². The van der Waals surface area contributed by atoms with Crippen LogP contribution < -0.4 is 5.32 Å². The van der Waals surface area contributed by atoms with Gasteiger partial charge in [-0.25, -0.2) is 9.59 Å². The Morgan fingerprint density at radius 3 is 1.89 bits per heavy atom. The molecule has 1 amide bonds. The summed E-state index contributed by atoms with van der Waals surface area (Å²) in [5.74, 6) is -2.13. The van der Waals surface area contributed by atoms with Crippen LogP contribution in [0.1, 0.15) is 27.2 Å². The summed E-state index contributed by atoms with van der Waals surface area (Å²) < 4.78 is 14.4. The molecule has 0 aromatic heterocycles. The van der Waals surface area contributed by atoms with E-state index in [-0.39, 0.29) is 26.2 Å². The van der Waals surface area contributed by atoms with Crippen LogP contribution >= 0.6 is 0 Å². The number of esters is 2. The molecule has 0 bridgehead atoms. The van der Waals surface area contributed by atoms with Gasteiger partial charge >= 0.3 is 11.9 Å². The Kier molecular flexibility index (Phi) is 9.42. The van der Waals surface area contributed by atoms with Gasteiger partial charge in [0.05, 0.1) is 19.8 Å². The van der Waals surface area contributed by atoms with Gasteiger partial charge in [-0.15, -0.1) is 0 Å². The Morgan fingerprint density at radius 1 is 0.947 bits per heavy atom. The Bertz CT molecular complexity index is 287. The summed E-state index contributed by atoms with van der Waals surface area (Å²) in [5.41, 5.74) is 0. The minimum atomic E-state index is -1.42. The van der Waals surface area contributed by atoms with Crippen LogP contribution in [0.25, 0.3) is 0 Å². The van der Waals surface area contributed by atoms with E-state index >= 15 is 0 Å². The highest BCUT2D eigenvalue weighted by atomic mass is 16.6. The molecule has 0 rings (SSSR count). The fourth-order valence-corrected chi connectivity index (χ4v) is 1.21. The first-order valence-corrected chi connectivity index (χ1v) is 6.27. The molecule has 7 heteroatoms. The van der Waals surface area contributed by atoms with Crippen LogP contribution in [0, 0.1) is 0 Å². The number of hydrogen-bond donors (Lipinski definition) is 1. The van der Waals surface area contributed by atoms with Crippen molar-refractivity contribution in [1.82, 2.24) is 5.32 Å². The smallest absolute Gasteiger partial charge is 0.340 e. The normalized spacial score (nSPS) is 10.1. The molecule has 0 fully saturated rings. The van der Waals surface area contributed by atoms with E-state index in [1.165, 1.54) is 0 Å². The molecule has 0 radical (unpaired) electrons. The Labute approximate surface area is 112 Å². The third kappa shape index (κ3) is 7.40. The van der Waals surface area contributed by atoms with Gasteiger partial charge in [-0.3, -0.25) is 4.79 Å². The fourth-order valence-electron chi connectivity index (χ4n) is 1.21. The molecule has 0 aromatic rings. The summed E-state index contributed by atoms with van der Waals surface area (Å²) in [6, 6.07) is -1.42. The predicted molar refractivity (Wildman–Crippen MR) is 66.3 cm³/mol. The molecule has 110 valence electrons. The number of ether oxygens (including phenoxy) is 3. The van der Waals surface area contributed by atoms with Crippen molar-refractivity contribution in [3.63, 3.8) is 0 Å². The lowest BCUT2D eigenvalue weighted by molar-refractivity contribution is -0.159. The molecular formula is C12H21NO6. The van der Waals surface area contributed by atoms with Crippen LogP contribution in [0.15, 0.2) is 0 Å².